The Labute approximate surface area is 143 Å². The molecule has 0 unspecified atom stereocenters. The molecule has 0 saturated carbocycles. The summed E-state index contributed by atoms with van der Waals surface area (Å²) in [6.45, 7) is 3.62. The number of halogens is 3. The highest BCUT2D eigenvalue weighted by atomic mass is 19.4. The van der Waals surface area contributed by atoms with Crippen molar-refractivity contribution >= 4 is 18.4 Å². The minimum absolute atomic E-state index is 0.187. The summed E-state index contributed by atoms with van der Waals surface area (Å²) in [5, 5.41) is 9.99. The van der Waals surface area contributed by atoms with Gasteiger partial charge in [0.1, 0.15) is 0 Å². The van der Waals surface area contributed by atoms with Crippen molar-refractivity contribution in [2.75, 3.05) is 0 Å². The molecule has 7 heteroatoms. The number of hydrogen-bond donors (Lipinski definition) is 1. The average molecular weight is 348 g/mol. The molecule has 0 amide bonds. The standard InChI is InChI=1S/C18H16BF3O3/c1-17(2)14-8-7-11(9-15(14)19(24)25-17)10-16(23)12-5-3-4-6-13(12)18(20,21)22/h3-9,24H,10H2,1-2H3. The Morgan fingerprint density at radius 1 is 1.20 bits per heavy atom. The maximum Gasteiger partial charge on any atom is 0.492 e. The molecule has 1 N–H and O–H groups in total. The molecule has 0 spiro atoms. The average Bonchev–Trinajstić information content (AvgIpc) is 2.75. The van der Waals surface area contributed by atoms with Gasteiger partial charge in [-0.15, -0.1) is 0 Å². The summed E-state index contributed by atoms with van der Waals surface area (Å²) in [4.78, 5) is 12.4. The number of fused-ring (bicyclic) bond motifs is 1. The minimum atomic E-state index is -4.59. The Morgan fingerprint density at radius 2 is 1.88 bits per heavy atom. The van der Waals surface area contributed by atoms with Gasteiger partial charge >= 0.3 is 13.3 Å². The number of ketones is 1. The van der Waals surface area contributed by atoms with Gasteiger partial charge in [-0.2, -0.15) is 13.2 Å². The molecule has 2 aromatic carbocycles. The van der Waals surface area contributed by atoms with E-state index in [4.69, 9.17) is 4.65 Å². The van der Waals surface area contributed by atoms with Crippen molar-refractivity contribution in [1.82, 2.24) is 0 Å². The summed E-state index contributed by atoms with van der Waals surface area (Å²) < 4.78 is 44.6. The number of alkyl halides is 3. The van der Waals surface area contributed by atoms with Gasteiger partial charge < -0.3 is 9.68 Å². The lowest BCUT2D eigenvalue weighted by Gasteiger charge is -2.19. The van der Waals surface area contributed by atoms with Crippen LogP contribution in [0.3, 0.4) is 0 Å². The van der Waals surface area contributed by atoms with Crippen LogP contribution < -0.4 is 5.46 Å². The van der Waals surface area contributed by atoms with E-state index in [0.29, 0.717) is 11.0 Å². The molecule has 0 fully saturated rings. The van der Waals surface area contributed by atoms with Gasteiger partial charge in [-0.25, -0.2) is 0 Å². The summed E-state index contributed by atoms with van der Waals surface area (Å²) in [7, 11) is -1.11. The van der Waals surface area contributed by atoms with Gasteiger partial charge in [0.2, 0.25) is 0 Å². The third-order valence-corrected chi connectivity index (χ3v) is 4.33. The fourth-order valence-corrected chi connectivity index (χ4v) is 3.13. The van der Waals surface area contributed by atoms with Crippen molar-refractivity contribution < 1.29 is 27.6 Å². The van der Waals surface area contributed by atoms with Gasteiger partial charge in [-0.1, -0.05) is 36.4 Å². The molecule has 1 aliphatic heterocycles. The van der Waals surface area contributed by atoms with E-state index >= 15 is 0 Å². The van der Waals surface area contributed by atoms with Gasteiger partial charge in [-0.3, -0.25) is 4.79 Å². The van der Waals surface area contributed by atoms with Crippen LogP contribution in [0.4, 0.5) is 13.2 Å². The number of carbonyl (C=O) groups excluding carboxylic acids is 1. The monoisotopic (exact) mass is 348 g/mol. The fraction of sp³-hybridized carbons (Fsp3) is 0.278. The summed E-state index contributed by atoms with van der Waals surface area (Å²) >= 11 is 0. The van der Waals surface area contributed by atoms with Gasteiger partial charge in [0.15, 0.2) is 5.78 Å². The summed E-state index contributed by atoms with van der Waals surface area (Å²) in [6, 6.07) is 9.77. The highest BCUT2D eigenvalue weighted by molar-refractivity contribution is 6.62. The minimum Gasteiger partial charge on any atom is -0.423 e. The fourth-order valence-electron chi connectivity index (χ4n) is 3.13. The number of Topliss-reactive ketones (excluding diaryl/α,β-unsaturated/α-hetero) is 1. The predicted molar refractivity (Wildman–Crippen MR) is 87.6 cm³/mol. The molecule has 1 aliphatic rings. The first kappa shape index (κ1) is 17.7. The maximum absolute atomic E-state index is 13.1. The Hall–Kier alpha value is -2.12. The van der Waals surface area contributed by atoms with Crippen LogP contribution in [0, 0.1) is 0 Å². The Balaban J connectivity index is 1.90. The molecule has 3 rings (SSSR count). The van der Waals surface area contributed by atoms with E-state index in [1.165, 1.54) is 18.2 Å². The molecule has 25 heavy (non-hydrogen) atoms. The number of hydrogen-bond acceptors (Lipinski definition) is 3. The summed E-state index contributed by atoms with van der Waals surface area (Å²) in [5.41, 5.74) is -0.0779. The lowest BCUT2D eigenvalue weighted by molar-refractivity contribution is -0.137. The molecular formula is C18H16BF3O3. The van der Waals surface area contributed by atoms with Crippen molar-refractivity contribution in [2.24, 2.45) is 0 Å². The lowest BCUT2D eigenvalue weighted by Crippen LogP contribution is -2.29. The molecule has 0 atom stereocenters. The Morgan fingerprint density at radius 3 is 2.56 bits per heavy atom. The smallest absolute Gasteiger partial charge is 0.423 e. The van der Waals surface area contributed by atoms with Crippen molar-refractivity contribution in [3.63, 3.8) is 0 Å². The Kier molecular flexibility index (Phi) is 4.25. The molecule has 3 nitrogen and oxygen atoms in total. The normalized spacial score (nSPS) is 16.0. The van der Waals surface area contributed by atoms with Crippen LogP contribution >= 0.6 is 0 Å². The molecule has 130 valence electrons. The molecule has 0 radical (unpaired) electrons. The zero-order valence-corrected chi connectivity index (χ0v) is 13.7. The quantitative estimate of drug-likeness (QED) is 0.685. The maximum atomic E-state index is 13.1. The van der Waals surface area contributed by atoms with Crippen molar-refractivity contribution in [3.05, 3.63) is 64.7 Å². The molecule has 0 bridgehead atoms. The first-order valence-electron chi connectivity index (χ1n) is 7.78. The van der Waals surface area contributed by atoms with Gasteiger partial charge in [0, 0.05) is 12.0 Å². The van der Waals surface area contributed by atoms with Crippen LogP contribution in [0.5, 0.6) is 0 Å². The third-order valence-electron chi connectivity index (χ3n) is 4.33. The van der Waals surface area contributed by atoms with Crippen LogP contribution in [0.2, 0.25) is 0 Å². The van der Waals surface area contributed by atoms with Crippen LogP contribution in [0.1, 0.15) is 40.9 Å². The van der Waals surface area contributed by atoms with Crippen molar-refractivity contribution in [2.45, 2.75) is 32.0 Å². The second-order valence-electron chi connectivity index (χ2n) is 6.55. The number of rotatable bonds is 3. The first-order chi connectivity index (χ1) is 11.6. The predicted octanol–water partition coefficient (Wildman–Crippen LogP) is 3.08. The molecule has 1 heterocycles. The topological polar surface area (TPSA) is 46.5 Å². The van der Waals surface area contributed by atoms with E-state index in [9.17, 15) is 23.0 Å². The van der Waals surface area contributed by atoms with Gasteiger partial charge in [0.05, 0.1) is 11.2 Å². The van der Waals surface area contributed by atoms with Gasteiger partial charge in [0.25, 0.3) is 0 Å². The largest absolute Gasteiger partial charge is 0.492 e. The van der Waals surface area contributed by atoms with E-state index in [1.807, 2.05) is 13.8 Å². The molecule has 0 saturated heterocycles. The van der Waals surface area contributed by atoms with E-state index < -0.39 is 30.2 Å². The van der Waals surface area contributed by atoms with E-state index in [2.05, 4.69) is 0 Å². The highest BCUT2D eigenvalue weighted by Gasteiger charge is 2.40. The second-order valence-corrected chi connectivity index (χ2v) is 6.55. The van der Waals surface area contributed by atoms with E-state index in [0.717, 1.165) is 11.6 Å². The zero-order chi connectivity index (χ0) is 18.4. The van der Waals surface area contributed by atoms with Crippen molar-refractivity contribution in [3.8, 4) is 0 Å². The summed E-state index contributed by atoms with van der Waals surface area (Å²) in [6.07, 6.45) is -4.77. The first-order valence-corrected chi connectivity index (χ1v) is 7.78. The Bertz CT molecular complexity index is 831. The SMILES string of the molecule is CC1(C)OB(O)c2cc(CC(=O)c3ccccc3C(F)(F)F)ccc21. The molecule has 0 aromatic heterocycles. The van der Waals surface area contributed by atoms with Gasteiger partial charge in [-0.05, 0) is 36.5 Å². The third kappa shape index (κ3) is 3.34. The number of benzene rings is 2. The van der Waals surface area contributed by atoms with Crippen LogP contribution in [0.25, 0.3) is 0 Å². The molecule has 0 aliphatic carbocycles. The second kappa shape index (κ2) is 6.00. The van der Waals surface area contributed by atoms with Crippen LogP contribution in [-0.4, -0.2) is 17.9 Å². The lowest BCUT2D eigenvalue weighted by atomic mass is 9.77. The zero-order valence-electron chi connectivity index (χ0n) is 13.7. The van der Waals surface area contributed by atoms with E-state index in [-0.39, 0.29) is 12.0 Å². The van der Waals surface area contributed by atoms with Crippen LogP contribution in [0.15, 0.2) is 42.5 Å². The molecule has 2 aromatic rings. The number of carbonyl (C=O) groups is 1. The van der Waals surface area contributed by atoms with E-state index in [1.54, 1.807) is 18.2 Å². The van der Waals surface area contributed by atoms with Crippen molar-refractivity contribution in [1.29, 1.82) is 0 Å². The highest BCUT2D eigenvalue weighted by Crippen LogP contribution is 2.33. The molecular weight excluding hydrogens is 332 g/mol. The van der Waals surface area contributed by atoms with Crippen LogP contribution in [-0.2, 0) is 22.9 Å². The summed E-state index contributed by atoms with van der Waals surface area (Å²) in [5.74, 6) is -0.624.